The van der Waals surface area contributed by atoms with Crippen LogP contribution in [0.5, 0.6) is 0 Å². The van der Waals surface area contributed by atoms with Crippen LogP contribution in [0.3, 0.4) is 0 Å². The second kappa shape index (κ2) is 4.72. The molecule has 2 N–H and O–H groups in total. The summed E-state index contributed by atoms with van der Waals surface area (Å²) in [7, 11) is 0. The standard InChI is InChI=1S/C10H16N4O/c1-10(2,3)13-9(15)7-11-8-5-4-6-12-14-8/h4-6H,7H2,1-3H3,(H,11,14)(H,13,15). The van der Waals surface area contributed by atoms with Crippen molar-refractivity contribution in [2.45, 2.75) is 26.3 Å². The van der Waals surface area contributed by atoms with Gasteiger partial charge in [-0.25, -0.2) is 0 Å². The minimum Gasteiger partial charge on any atom is -0.360 e. The first-order valence-electron chi connectivity index (χ1n) is 4.80. The van der Waals surface area contributed by atoms with Crippen molar-refractivity contribution >= 4 is 11.7 Å². The molecule has 0 aliphatic carbocycles. The Kier molecular flexibility index (Phi) is 3.60. The third kappa shape index (κ3) is 4.95. The van der Waals surface area contributed by atoms with Crippen LogP contribution in [0.2, 0.25) is 0 Å². The quantitative estimate of drug-likeness (QED) is 0.771. The summed E-state index contributed by atoms with van der Waals surface area (Å²) in [6.07, 6.45) is 1.58. The van der Waals surface area contributed by atoms with Gasteiger partial charge in [-0.1, -0.05) is 0 Å². The molecule has 0 aromatic carbocycles. The van der Waals surface area contributed by atoms with E-state index < -0.39 is 0 Å². The van der Waals surface area contributed by atoms with Crippen molar-refractivity contribution in [2.75, 3.05) is 11.9 Å². The lowest BCUT2D eigenvalue weighted by molar-refractivity contribution is -0.120. The topological polar surface area (TPSA) is 66.9 Å². The average Bonchev–Trinajstić information content (AvgIpc) is 2.14. The molecule has 5 heteroatoms. The van der Waals surface area contributed by atoms with Gasteiger partial charge in [-0.15, -0.1) is 5.10 Å². The Morgan fingerprint density at radius 3 is 2.73 bits per heavy atom. The van der Waals surface area contributed by atoms with Crippen molar-refractivity contribution in [3.05, 3.63) is 18.3 Å². The number of carbonyl (C=O) groups excluding carboxylic acids is 1. The maximum Gasteiger partial charge on any atom is 0.239 e. The molecule has 1 amide bonds. The molecule has 0 bridgehead atoms. The van der Waals surface area contributed by atoms with Crippen LogP contribution in [0, 0.1) is 0 Å². The molecule has 1 aromatic heterocycles. The molecule has 0 atom stereocenters. The van der Waals surface area contributed by atoms with Crippen LogP contribution in [-0.4, -0.2) is 28.2 Å². The van der Waals surface area contributed by atoms with Crippen LogP contribution in [0.4, 0.5) is 5.82 Å². The second-order valence-corrected chi connectivity index (χ2v) is 4.26. The molecule has 0 saturated carbocycles. The van der Waals surface area contributed by atoms with Gasteiger partial charge in [0, 0.05) is 11.7 Å². The summed E-state index contributed by atoms with van der Waals surface area (Å²) in [6, 6.07) is 3.52. The Balaban J connectivity index is 2.35. The SMILES string of the molecule is CC(C)(C)NC(=O)CNc1cccnn1. The Labute approximate surface area is 89.3 Å². The first-order valence-corrected chi connectivity index (χ1v) is 4.80. The normalized spacial score (nSPS) is 10.9. The highest BCUT2D eigenvalue weighted by atomic mass is 16.2. The van der Waals surface area contributed by atoms with Crippen molar-refractivity contribution < 1.29 is 4.79 Å². The van der Waals surface area contributed by atoms with Gasteiger partial charge in [-0.3, -0.25) is 4.79 Å². The van der Waals surface area contributed by atoms with E-state index in [4.69, 9.17) is 0 Å². The third-order valence-corrected chi connectivity index (χ3v) is 1.52. The number of hydrogen-bond acceptors (Lipinski definition) is 4. The van der Waals surface area contributed by atoms with E-state index in [0.717, 1.165) is 0 Å². The highest BCUT2D eigenvalue weighted by Gasteiger charge is 2.12. The van der Waals surface area contributed by atoms with Crippen LogP contribution in [0.1, 0.15) is 20.8 Å². The van der Waals surface area contributed by atoms with Gasteiger partial charge in [0.25, 0.3) is 0 Å². The van der Waals surface area contributed by atoms with Gasteiger partial charge in [0.05, 0.1) is 6.54 Å². The second-order valence-electron chi connectivity index (χ2n) is 4.26. The summed E-state index contributed by atoms with van der Waals surface area (Å²) >= 11 is 0. The molecule has 0 saturated heterocycles. The monoisotopic (exact) mass is 208 g/mol. The molecule has 1 rings (SSSR count). The number of rotatable bonds is 3. The zero-order chi connectivity index (χ0) is 11.3. The van der Waals surface area contributed by atoms with E-state index in [1.807, 2.05) is 20.8 Å². The highest BCUT2D eigenvalue weighted by molar-refractivity contribution is 5.80. The fourth-order valence-corrected chi connectivity index (χ4v) is 1.03. The van der Waals surface area contributed by atoms with Crippen LogP contribution >= 0.6 is 0 Å². The molecule has 15 heavy (non-hydrogen) atoms. The van der Waals surface area contributed by atoms with Crippen LogP contribution in [0.15, 0.2) is 18.3 Å². The summed E-state index contributed by atoms with van der Waals surface area (Å²) in [4.78, 5) is 11.4. The minimum absolute atomic E-state index is 0.0619. The summed E-state index contributed by atoms with van der Waals surface area (Å²) in [6.45, 7) is 6.02. The van der Waals surface area contributed by atoms with Gasteiger partial charge in [0.2, 0.25) is 5.91 Å². The van der Waals surface area contributed by atoms with E-state index >= 15 is 0 Å². The summed E-state index contributed by atoms with van der Waals surface area (Å²) in [5, 5.41) is 13.2. The first-order chi connectivity index (χ1) is 6.97. The molecule has 0 aliphatic heterocycles. The Bertz CT molecular complexity index is 318. The summed E-state index contributed by atoms with van der Waals surface area (Å²) in [5.41, 5.74) is -0.207. The molecule has 0 radical (unpaired) electrons. The number of hydrogen-bond donors (Lipinski definition) is 2. The van der Waals surface area contributed by atoms with E-state index in [2.05, 4.69) is 20.8 Å². The lowest BCUT2D eigenvalue weighted by Gasteiger charge is -2.20. The number of nitrogens with one attached hydrogen (secondary N) is 2. The smallest absolute Gasteiger partial charge is 0.239 e. The molecular formula is C10H16N4O. The van der Waals surface area contributed by atoms with E-state index in [1.54, 1.807) is 18.3 Å². The molecule has 0 fully saturated rings. The van der Waals surface area contributed by atoms with Gasteiger partial charge in [-0.05, 0) is 32.9 Å². The molecule has 0 unspecified atom stereocenters. The minimum atomic E-state index is -0.207. The molecule has 1 heterocycles. The summed E-state index contributed by atoms with van der Waals surface area (Å²) in [5.74, 6) is 0.537. The number of nitrogens with zero attached hydrogens (tertiary/aromatic N) is 2. The zero-order valence-corrected chi connectivity index (χ0v) is 9.24. The maximum absolute atomic E-state index is 11.4. The molecule has 82 valence electrons. The third-order valence-electron chi connectivity index (χ3n) is 1.52. The highest BCUT2D eigenvalue weighted by Crippen LogP contribution is 1.99. The number of carbonyl (C=O) groups is 1. The molecular weight excluding hydrogens is 192 g/mol. The number of anilines is 1. The van der Waals surface area contributed by atoms with Crippen molar-refractivity contribution in [1.29, 1.82) is 0 Å². The molecule has 0 spiro atoms. The summed E-state index contributed by atoms with van der Waals surface area (Å²) < 4.78 is 0. The molecule has 1 aromatic rings. The van der Waals surface area contributed by atoms with Crippen molar-refractivity contribution in [3.63, 3.8) is 0 Å². The Morgan fingerprint density at radius 1 is 1.47 bits per heavy atom. The van der Waals surface area contributed by atoms with Crippen molar-refractivity contribution in [3.8, 4) is 0 Å². The van der Waals surface area contributed by atoms with E-state index in [1.165, 1.54) is 0 Å². The van der Waals surface area contributed by atoms with Gasteiger partial charge in [0.15, 0.2) is 0 Å². The zero-order valence-electron chi connectivity index (χ0n) is 9.24. The fraction of sp³-hybridized carbons (Fsp3) is 0.500. The predicted octanol–water partition coefficient (Wildman–Crippen LogP) is 0.803. The first kappa shape index (κ1) is 11.4. The Hall–Kier alpha value is -1.65. The largest absolute Gasteiger partial charge is 0.360 e. The lowest BCUT2D eigenvalue weighted by Crippen LogP contribution is -2.43. The lowest BCUT2D eigenvalue weighted by atomic mass is 10.1. The van der Waals surface area contributed by atoms with Crippen LogP contribution in [0.25, 0.3) is 0 Å². The van der Waals surface area contributed by atoms with E-state index in [9.17, 15) is 4.79 Å². The van der Waals surface area contributed by atoms with Gasteiger partial charge < -0.3 is 10.6 Å². The van der Waals surface area contributed by atoms with Crippen LogP contribution in [-0.2, 0) is 4.79 Å². The molecule has 0 aliphatic rings. The van der Waals surface area contributed by atoms with Gasteiger partial charge in [-0.2, -0.15) is 5.10 Å². The molecule has 5 nitrogen and oxygen atoms in total. The predicted molar refractivity (Wildman–Crippen MR) is 58.4 cm³/mol. The van der Waals surface area contributed by atoms with Crippen molar-refractivity contribution in [2.24, 2.45) is 0 Å². The maximum atomic E-state index is 11.4. The van der Waals surface area contributed by atoms with Gasteiger partial charge >= 0.3 is 0 Å². The van der Waals surface area contributed by atoms with Crippen molar-refractivity contribution in [1.82, 2.24) is 15.5 Å². The number of amides is 1. The fourth-order valence-electron chi connectivity index (χ4n) is 1.03. The average molecular weight is 208 g/mol. The number of aromatic nitrogens is 2. The van der Waals surface area contributed by atoms with E-state index in [0.29, 0.717) is 5.82 Å². The Morgan fingerprint density at radius 2 is 2.20 bits per heavy atom. The van der Waals surface area contributed by atoms with E-state index in [-0.39, 0.29) is 18.0 Å². The van der Waals surface area contributed by atoms with Gasteiger partial charge in [0.1, 0.15) is 5.82 Å². The van der Waals surface area contributed by atoms with Crippen LogP contribution < -0.4 is 10.6 Å².